The van der Waals surface area contributed by atoms with Gasteiger partial charge in [0, 0.05) is 12.6 Å². The number of rotatable bonds is 6. The van der Waals surface area contributed by atoms with Gasteiger partial charge in [0.15, 0.2) is 11.5 Å². The van der Waals surface area contributed by atoms with E-state index in [1.807, 2.05) is 19.1 Å². The van der Waals surface area contributed by atoms with Gasteiger partial charge >= 0.3 is 0 Å². The third-order valence-electron chi connectivity index (χ3n) is 2.98. The molecule has 0 spiro atoms. The fraction of sp³-hybridized carbons (Fsp3) is 0.267. The smallest absolute Gasteiger partial charge is 0.287 e. The first-order valence-corrected chi connectivity index (χ1v) is 7.27. The Morgan fingerprint density at radius 2 is 2.26 bits per heavy atom. The lowest BCUT2D eigenvalue weighted by Gasteiger charge is -2.11. The van der Waals surface area contributed by atoms with Crippen LogP contribution >= 0.6 is 11.6 Å². The van der Waals surface area contributed by atoms with E-state index in [4.69, 9.17) is 21.1 Å². The molecule has 0 unspecified atom stereocenters. The molecule has 0 aliphatic carbocycles. The fourth-order valence-corrected chi connectivity index (χ4v) is 2.07. The van der Waals surface area contributed by atoms with Crippen LogP contribution in [0.3, 0.4) is 0 Å². The maximum absolute atomic E-state index is 11.7. The van der Waals surface area contributed by atoms with Crippen molar-refractivity contribution in [3.63, 3.8) is 0 Å². The van der Waals surface area contributed by atoms with Gasteiger partial charge < -0.3 is 9.47 Å². The SMILES string of the molecule is CCOc1c(/C=N\Nc2cnn(C)c(=O)c2Cl)cccc1OC. The van der Waals surface area contributed by atoms with Crippen LogP contribution in [0.1, 0.15) is 12.5 Å². The highest BCUT2D eigenvalue weighted by Gasteiger charge is 2.09. The Labute approximate surface area is 138 Å². The minimum absolute atomic E-state index is 0.0234. The molecular weight excluding hydrogens is 320 g/mol. The lowest BCUT2D eigenvalue weighted by atomic mass is 10.2. The predicted molar refractivity (Wildman–Crippen MR) is 89.9 cm³/mol. The summed E-state index contributed by atoms with van der Waals surface area (Å²) in [6, 6.07) is 5.47. The largest absolute Gasteiger partial charge is 0.493 e. The van der Waals surface area contributed by atoms with E-state index in [0.29, 0.717) is 23.8 Å². The minimum atomic E-state index is -0.400. The van der Waals surface area contributed by atoms with E-state index in [1.54, 1.807) is 19.4 Å². The highest BCUT2D eigenvalue weighted by atomic mass is 35.5. The van der Waals surface area contributed by atoms with Gasteiger partial charge in [0.2, 0.25) is 0 Å². The molecule has 8 heteroatoms. The molecule has 1 heterocycles. The summed E-state index contributed by atoms with van der Waals surface area (Å²) in [7, 11) is 3.09. The van der Waals surface area contributed by atoms with Gasteiger partial charge in [0.25, 0.3) is 5.56 Å². The number of benzene rings is 1. The van der Waals surface area contributed by atoms with Crippen LogP contribution in [0.2, 0.25) is 5.02 Å². The summed E-state index contributed by atoms with van der Waals surface area (Å²) in [4.78, 5) is 11.7. The first-order valence-electron chi connectivity index (χ1n) is 6.89. The van der Waals surface area contributed by atoms with E-state index in [9.17, 15) is 4.79 Å². The Kier molecular flexibility index (Phi) is 5.59. The van der Waals surface area contributed by atoms with Crippen molar-refractivity contribution >= 4 is 23.5 Å². The van der Waals surface area contributed by atoms with E-state index in [0.717, 1.165) is 10.2 Å². The zero-order valence-corrected chi connectivity index (χ0v) is 13.8. The molecule has 7 nitrogen and oxygen atoms in total. The average molecular weight is 337 g/mol. The molecule has 0 saturated carbocycles. The molecule has 0 aliphatic heterocycles. The monoisotopic (exact) mass is 336 g/mol. The maximum Gasteiger partial charge on any atom is 0.287 e. The second kappa shape index (κ2) is 7.64. The van der Waals surface area contributed by atoms with Crippen LogP contribution in [-0.2, 0) is 7.05 Å². The van der Waals surface area contributed by atoms with Crippen molar-refractivity contribution in [2.45, 2.75) is 6.92 Å². The maximum atomic E-state index is 11.7. The lowest BCUT2D eigenvalue weighted by molar-refractivity contribution is 0.310. The molecule has 1 aromatic heterocycles. The number of anilines is 1. The van der Waals surface area contributed by atoms with E-state index >= 15 is 0 Å². The topological polar surface area (TPSA) is 77.7 Å². The van der Waals surface area contributed by atoms with Gasteiger partial charge in [-0.2, -0.15) is 10.2 Å². The van der Waals surface area contributed by atoms with Crippen molar-refractivity contribution < 1.29 is 9.47 Å². The number of aryl methyl sites for hydroxylation is 1. The molecular formula is C15H17ClN4O3. The van der Waals surface area contributed by atoms with Gasteiger partial charge in [-0.3, -0.25) is 10.2 Å². The molecule has 0 atom stereocenters. The van der Waals surface area contributed by atoms with Crippen LogP contribution in [0.25, 0.3) is 0 Å². The molecule has 0 aliphatic rings. The number of methoxy groups -OCH3 is 1. The van der Waals surface area contributed by atoms with Crippen LogP contribution in [0.5, 0.6) is 11.5 Å². The summed E-state index contributed by atoms with van der Waals surface area (Å²) < 4.78 is 12.0. The minimum Gasteiger partial charge on any atom is -0.493 e. The molecule has 0 fully saturated rings. The normalized spacial score (nSPS) is 10.8. The third kappa shape index (κ3) is 3.81. The summed E-state index contributed by atoms with van der Waals surface area (Å²) in [6.07, 6.45) is 2.98. The quantitative estimate of drug-likeness (QED) is 0.647. The number of para-hydroxylation sites is 1. The summed E-state index contributed by atoms with van der Waals surface area (Å²) in [6.45, 7) is 2.38. The highest BCUT2D eigenvalue weighted by Crippen LogP contribution is 2.30. The Morgan fingerprint density at radius 3 is 2.96 bits per heavy atom. The summed E-state index contributed by atoms with van der Waals surface area (Å²) in [5.41, 5.74) is 3.36. The Balaban J connectivity index is 2.24. The standard InChI is InChI=1S/C15H17ClN4O3/c1-4-23-14-10(6-5-7-12(14)22-3)8-17-19-11-9-18-20(2)15(21)13(11)16/h5-9,19H,4H2,1-3H3/b17-8-. The average Bonchev–Trinajstić information content (AvgIpc) is 2.56. The Bertz CT molecular complexity index is 774. The van der Waals surface area contributed by atoms with Crippen molar-refractivity contribution in [3.8, 4) is 11.5 Å². The number of nitrogens with zero attached hydrogens (tertiary/aromatic N) is 3. The van der Waals surface area contributed by atoms with E-state index in [2.05, 4.69) is 15.6 Å². The van der Waals surface area contributed by atoms with Crippen molar-refractivity contribution in [2.24, 2.45) is 12.1 Å². The van der Waals surface area contributed by atoms with Gasteiger partial charge in [0.1, 0.15) is 10.7 Å². The number of hydrazone groups is 1. The Hall–Kier alpha value is -2.54. The second-order valence-corrected chi connectivity index (χ2v) is 4.86. The molecule has 2 aromatic rings. The van der Waals surface area contributed by atoms with Crippen molar-refractivity contribution in [3.05, 3.63) is 45.3 Å². The van der Waals surface area contributed by atoms with E-state index < -0.39 is 5.56 Å². The second-order valence-electron chi connectivity index (χ2n) is 4.48. The summed E-state index contributed by atoms with van der Waals surface area (Å²) in [5, 5.41) is 7.98. The van der Waals surface area contributed by atoms with Gasteiger partial charge in [0.05, 0.1) is 26.1 Å². The molecule has 2 rings (SSSR count). The molecule has 23 heavy (non-hydrogen) atoms. The third-order valence-corrected chi connectivity index (χ3v) is 3.35. The van der Waals surface area contributed by atoms with Crippen LogP contribution in [0.4, 0.5) is 5.69 Å². The summed E-state index contributed by atoms with van der Waals surface area (Å²) >= 11 is 5.95. The predicted octanol–water partition coefficient (Wildman–Crippen LogP) is 2.29. The van der Waals surface area contributed by atoms with E-state index in [-0.39, 0.29) is 5.02 Å². The number of hydrogen-bond donors (Lipinski definition) is 1. The Morgan fingerprint density at radius 1 is 1.48 bits per heavy atom. The number of nitrogens with one attached hydrogen (secondary N) is 1. The lowest BCUT2D eigenvalue weighted by Crippen LogP contribution is -2.20. The summed E-state index contributed by atoms with van der Waals surface area (Å²) in [5.74, 6) is 1.21. The van der Waals surface area contributed by atoms with Crippen molar-refractivity contribution in [1.82, 2.24) is 9.78 Å². The zero-order valence-electron chi connectivity index (χ0n) is 13.0. The zero-order chi connectivity index (χ0) is 16.8. The first kappa shape index (κ1) is 16.8. The van der Waals surface area contributed by atoms with Gasteiger partial charge in [-0.05, 0) is 19.1 Å². The number of hydrogen-bond acceptors (Lipinski definition) is 6. The molecule has 0 amide bonds. The number of halogens is 1. The first-order chi connectivity index (χ1) is 11.1. The van der Waals surface area contributed by atoms with E-state index in [1.165, 1.54) is 13.2 Å². The van der Waals surface area contributed by atoms with Crippen LogP contribution in [0, 0.1) is 0 Å². The van der Waals surface area contributed by atoms with Crippen LogP contribution in [0.15, 0.2) is 34.3 Å². The molecule has 1 aromatic carbocycles. The van der Waals surface area contributed by atoms with Gasteiger partial charge in [-0.25, -0.2) is 4.68 Å². The molecule has 0 radical (unpaired) electrons. The number of ether oxygens (including phenoxy) is 2. The van der Waals surface area contributed by atoms with Crippen molar-refractivity contribution in [1.29, 1.82) is 0 Å². The number of aromatic nitrogens is 2. The highest BCUT2D eigenvalue weighted by molar-refractivity contribution is 6.32. The van der Waals surface area contributed by atoms with Gasteiger partial charge in [-0.15, -0.1) is 0 Å². The van der Waals surface area contributed by atoms with Gasteiger partial charge in [-0.1, -0.05) is 17.7 Å². The molecule has 122 valence electrons. The molecule has 0 bridgehead atoms. The van der Waals surface area contributed by atoms with Crippen molar-refractivity contribution in [2.75, 3.05) is 19.1 Å². The molecule has 0 saturated heterocycles. The fourth-order valence-electron chi connectivity index (χ4n) is 1.85. The van der Waals surface area contributed by atoms with Crippen LogP contribution < -0.4 is 20.5 Å². The van der Waals surface area contributed by atoms with Crippen LogP contribution in [-0.4, -0.2) is 29.7 Å². The molecule has 1 N–H and O–H groups in total.